The number of aliphatic hydroxyl groups is 5. The van der Waals surface area contributed by atoms with E-state index in [0.717, 1.165) is 83.5 Å². The number of carbonyl (C=O) groups excluding carboxylic acids is 2. The highest BCUT2D eigenvalue weighted by atomic mass is 16.7. The highest BCUT2D eigenvalue weighted by Crippen LogP contribution is 2.26. The van der Waals surface area contributed by atoms with Crippen molar-refractivity contribution in [2.75, 3.05) is 13.2 Å². The smallest absolute Gasteiger partial charge is 0.306 e. The van der Waals surface area contributed by atoms with Crippen LogP contribution in [0.4, 0.5) is 0 Å². The predicted molar refractivity (Wildman–Crippen MR) is 338 cm³/mol. The molecule has 1 fully saturated rings. The Hall–Kier alpha value is -2.38. The molecule has 1 aliphatic heterocycles. The molecule has 0 aromatic heterocycles. The molecule has 11 heteroatoms. The maximum Gasteiger partial charge on any atom is 0.306 e. The van der Waals surface area contributed by atoms with Gasteiger partial charge in [-0.2, -0.15) is 0 Å². The van der Waals surface area contributed by atoms with Crippen LogP contribution in [0.3, 0.4) is 0 Å². The average Bonchev–Trinajstić information content (AvgIpc) is 3.47. The Labute approximate surface area is 497 Å². The van der Waals surface area contributed by atoms with Crippen LogP contribution >= 0.6 is 0 Å². The van der Waals surface area contributed by atoms with Gasteiger partial charge in [0.05, 0.1) is 25.4 Å². The number of rotatable bonds is 59. The lowest BCUT2D eigenvalue weighted by atomic mass is 9.99. The molecule has 6 N–H and O–H groups in total. The van der Waals surface area contributed by atoms with Crippen LogP contribution in [0.25, 0.3) is 0 Å². The quantitative estimate of drug-likeness (QED) is 0.0195. The van der Waals surface area contributed by atoms with E-state index in [4.69, 9.17) is 14.2 Å². The van der Waals surface area contributed by atoms with Crippen LogP contribution in [0.2, 0.25) is 0 Å². The van der Waals surface area contributed by atoms with Crippen molar-refractivity contribution in [2.24, 2.45) is 0 Å². The van der Waals surface area contributed by atoms with Gasteiger partial charge in [0.15, 0.2) is 12.4 Å². The minimum absolute atomic E-state index is 0.124. The molecular weight excluding hydrogens is 1010 g/mol. The van der Waals surface area contributed by atoms with E-state index < -0.39 is 67.4 Å². The van der Waals surface area contributed by atoms with Gasteiger partial charge >= 0.3 is 5.97 Å². The largest absolute Gasteiger partial charge is 0.454 e. The first kappa shape index (κ1) is 76.6. The Morgan fingerprint density at radius 2 is 0.852 bits per heavy atom. The average molecular weight is 1140 g/mol. The van der Waals surface area contributed by atoms with Gasteiger partial charge in [-0.25, -0.2) is 0 Å². The van der Waals surface area contributed by atoms with Crippen LogP contribution in [-0.2, 0) is 23.8 Å². The summed E-state index contributed by atoms with van der Waals surface area (Å²) in [7, 11) is 0. The van der Waals surface area contributed by atoms with Gasteiger partial charge in [-0.15, -0.1) is 0 Å². The van der Waals surface area contributed by atoms with Crippen molar-refractivity contribution in [3.05, 3.63) is 48.6 Å². The van der Waals surface area contributed by atoms with Crippen LogP contribution in [0.1, 0.15) is 323 Å². The van der Waals surface area contributed by atoms with Gasteiger partial charge in [-0.3, -0.25) is 9.59 Å². The van der Waals surface area contributed by atoms with Crippen molar-refractivity contribution in [3.63, 3.8) is 0 Å². The summed E-state index contributed by atoms with van der Waals surface area (Å²) < 4.78 is 17.7. The van der Waals surface area contributed by atoms with Crippen molar-refractivity contribution in [3.8, 4) is 0 Å². The van der Waals surface area contributed by atoms with Crippen LogP contribution in [-0.4, -0.2) is 99.6 Å². The fourth-order valence-corrected chi connectivity index (χ4v) is 10.7. The molecule has 8 unspecified atom stereocenters. The Bertz CT molecular complexity index is 1500. The third-order valence-corrected chi connectivity index (χ3v) is 16.2. The van der Waals surface area contributed by atoms with Gasteiger partial charge in [-0.05, 0) is 83.5 Å². The Kier molecular flexibility index (Phi) is 54.9. The molecule has 1 heterocycles. The van der Waals surface area contributed by atoms with Crippen LogP contribution < -0.4 is 5.32 Å². The number of nitrogens with one attached hydrogen (secondary N) is 1. The monoisotopic (exact) mass is 1140 g/mol. The number of hydrogen-bond acceptors (Lipinski definition) is 10. The highest BCUT2D eigenvalue weighted by molar-refractivity contribution is 5.80. The molecule has 1 rings (SSSR count). The summed E-state index contributed by atoms with van der Waals surface area (Å²) in [6.07, 6.45) is 61.5. The lowest BCUT2D eigenvalue weighted by Crippen LogP contribution is -2.61. The molecule has 0 bridgehead atoms. The van der Waals surface area contributed by atoms with Crippen molar-refractivity contribution in [1.29, 1.82) is 0 Å². The number of carbonyl (C=O) groups is 2. The first-order valence-electron chi connectivity index (χ1n) is 34.4. The molecule has 1 saturated heterocycles. The van der Waals surface area contributed by atoms with E-state index in [1.165, 1.54) is 193 Å². The number of ether oxygens (including phenoxy) is 3. The molecule has 0 aromatic carbocycles. The molecule has 1 amide bonds. The third-order valence-electron chi connectivity index (χ3n) is 16.2. The van der Waals surface area contributed by atoms with E-state index in [0.29, 0.717) is 12.8 Å². The number of allylic oxidation sites excluding steroid dienone is 7. The zero-order valence-corrected chi connectivity index (χ0v) is 52.7. The second-order valence-electron chi connectivity index (χ2n) is 23.9. The summed E-state index contributed by atoms with van der Waals surface area (Å²) in [5.74, 6) is -1.19. The lowest BCUT2D eigenvalue weighted by Gasteiger charge is -2.41. The third kappa shape index (κ3) is 45.6. The molecule has 11 nitrogen and oxygen atoms in total. The molecule has 0 spiro atoms. The minimum atomic E-state index is -1.61. The second kappa shape index (κ2) is 58.0. The molecule has 0 aromatic rings. The number of amides is 1. The zero-order chi connectivity index (χ0) is 58.9. The van der Waals surface area contributed by atoms with E-state index in [-0.39, 0.29) is 19.4 Å². The van der Waals surface area contributed by atoms with Crippen molar-refractivity contribution >= 4 is 11.9 Å². The number of aliphatic hydroxyl groups excluding tert-OH is 5. The predicted octanol–water partition coefficient (Wildman–Crippen LogP) is 17.2. The van der Waals surface area contributed by atoms with Gasteiger partial charge in [-0.1, -0.05) is 281 Å². The van der Waals surface area contributed by atoms with E-state index in [2.05, 4.69) is 62.5 Å². The van der Waals surface area contributed by atoms with E-state index in [1.807, 2.05) is 6.08 Å². The normalized spacial score (nSPS) is 18.9. The van der Waals surface area contributed by atoms with Crippen LogP contribution in [0.5, 0.6) is 0 Å². The summed E-state index contributed by atoms with van der Waals surface area (Å²) >= 11 is 0. The fraction of sp³-hybridized carbons (Fsp3) is 0.857. The second-order valence-corrected chi connectivity index (χ2v) is 23.9. The van der Waals surface area contributed by atoms with E-state index >= 15 is 0 Å². The molecule has 1 aliphatic rings. The van der Waals surface area contributed by atoms with Gasteiger partial charge in [0.2, 0.25) is 5.91 Å². The maximum absolute atomic E-state index is 13.4. The fourth-order valence-electron chi connectivity index (χ4n) is 10.7. The molecular formula is C70H129NO10. The maximum atomic E-state index is 13.4. The summed E-state index contributed by atoms with van der Waals surface area (Å²) in [6.45, 7) is 5.79. The Morgan fingerprint density at radius 3 is 1.30 bits per heavy atom. The molecule has 0 aliphatic carbocycles. The number of hydrogen-bond donors (Lipinski definition) is 6. The highest BCUT2D eigenvalue weighted by Gasteiger charge is 2.47. The summed E-state index contributed by atoms with van der Waals surface area (Å²) in [6, 6.07) is -1.03. The summed E-state index contributed by atoms with van der Waals surface area (Å²) in [5.41, 5.74) is 0. The van der Waals surface area contributed by atoms with Gasteiger partial charge in [0.1, 0.15) is 24.4 Å². The van der Waals surface area contributed by atoms with E-state index in [1.54, 1.807) is 6.08 Å². The van der Waals surface area contributed by atoms with Crippen LogP contribution in [0.15, 0.2) is 48.6 Å². The number of unbranched alkanes of at least 4 members (excludes halogenated alkanes) is 39. The van der Waals surface area contributed by atoms with Gasteiger partial charge in [0, 0.05) is 6.42 Å². The first-order valence-corrected chi connectivity index (χ1v) is 34.4. The van der Waals surface area contributed by atoms with E-state index in [9.17, 15) is 35.1 Å². The van der Waals surface area contributed by atoms with Gasteiger partial charge in [0.25, 0.3) is 0 Å². The van der Waals surface area contributed by atoms with Crippen molar-refractivity contribution < 1.29 is 49.3 Å². The topological polar surface area (TPSA) is 175 Å². The number of esters is 1. The Morgan fingerprint density at radius 1 is 0.481 bits per heavy atom. The standard InChI is InChI=1S/C70H129NO10/c1-4-7-10-13-16-19-22-25-27-29-30-31-32-33-34-35-37-40-43-46-49-52-55-58-65(75)81-68-67(77)66(76)64(59-72)80-70(68)79-60-61(62(73)56-53-50-47-44-41-38-24-21-18-15-12-9-6-3)71-69(78)63(74)57-54-51-48-45-42-39-36-28-26-23-20-17-14-11-8-5-2/h17,20,25-28,53,56,61-64,66-68,70,72-74,76-77H,4-16,18-19,21-24,29-52,54-55,57-60H2,1-3H3,(H,71,78)/b20-17-,27-25+,28-26-,56-53+. The summed E-state index contributed by atoms with van der Waals surface area (Å²) in [4.78, 5) is 26.6. The molecule has 474 valence electrons. The molecule has 81 heavy (non-hydrogen) atoms. The first-order chi connectivity index (χ1) is 39.7. The molecule has 0 radical (unpaired) electrons. The lowest BCUT2D eigenvalue weighted by molar-refractivity contribution is -0.305. The van der Waals surface area contributed by atoms with Crippen molar-refractivity contribution in [2.45, 2.75) is 372 Å². The zero-order valence-electron chi connectivity index (χ0n) is 52.7. The SMILES string of the molecule is CCCCC/C=C\C/C=C\CCCCCCCCC(O)C(=O)NC(COC1OC(CO)C(O)C(O)C1OC(=O)CCCCCCCCCCCCCCC/C=C/CCCCCCCC)C(O)/C=C/CCCCCCCCCCCCC. The van der Waals surface area contributed by atoms with Crippen LogP contribution in [0, 0.1) is 0 Å². The summed E-state index contributed by atoms with van der Waals surface area (Å²) in [5, 5.41) is 57.2. The molecule has 8 atom stereocenters. The molecule has 0 saturated carbocycles. The van der Waals surface area contributed by atoms with Gasteiger partial charge < -0.3 is 45.1 Å². The minimum Gasteiger partial charge on any atom is -0.454 e. The van der Waals surface area contributed by atoms with Crippen molar-refractivity contribution in [1.82, 2.24) is 5.32 Å². The Balaban J connectivity index is 2.60.